The second-order valence-corrected chi connectivity index (χ2v) is 8.02. The van der Waals surface area contributed by atoms with Crippen molar-refractivity contribution in [2.45, 2.75) is 19.4 Å². The van der Waals surface area contributed by atoms with Gasteiger partial charge in [-0.1, -0.05) is 30.3 Å². The number of nitrogens with zero attached hydrogens (tertiary/aromatic N) is 4. The maximum atomic E-state index is 12.9. The van der Waals surface area contributed by atoms with Gasteiger partial charge in [0.05, 0.1) is 32.0 Å². The van der Waals surface area contributed by atoms with Crippen molar-refractivity contribution in [3.8, 4) is 23.2 Å². The van der Waals surface area contributed by atoms with Crippen molar-refractivity contribution >= 4 is 23.9 Å². The highest BCUT2D eigenvalue weighted by Crippen LogP contribution is 2.27. The topological polar surface area (TPSA) is 103 Å². The van der Waals surface area contributed by atoms with Gasteiger partial charge in [-0.15, -0.1) is 10.2 Å². The molecule has 1 amide bonds. The van der Waals surface area contributed by atoms with Gasteiger partial charge in [0.2, 0.25) is 17.7 Å². The first kappa shape index (κ1) is 24.0. The molecule has 0 atom stereocenters. The average Bonchev–Trinajstić information content (AvgIpc) is 3.12. The summed E-state index contributed by atoms with van der Waals surface area (Å²) in [6, 6.07) is 20.2. The molecule has 0 saturated heterocycles. The minimum Gasteiger partial charge on any atom is -0.497 e. The number of methoxy groups -OCH3 is 2. The quantitative estimate of drug-likeness (QED) is 0.342. The molecular formula is C25H25N5O4S. The summed E-state index contributed by atoms with van der Waals surface area (Å²) in [7, 11) is 3.11. The highest BCUT2D eigenvalue weighted by molar-refractivity contribution is 7.71. The Balaban J connectivity index is 1.62. The number of nitrogens with one attached hydrogen (secondary N) is 1. The van der Waals surface area contributed by atoms with Gasteiger partial charge in [0.15, 0.2) is 10.6 Å². The van der Waals surface area contributed by atoms with Crippen LogP contribution in [0.5, 0.6) is 17.5 Å². The molecule has 35 heavy (non-hydrogen) atoms. The molecule has 2 heterocycles. The number of hydrogen-bond acceptors (Lipinski definition) is 7. The first-order valence-corrected chi connectivity index (χ1v) is 11.3. The van der Waals surface area contributed by atoms with E-state index >= 15 is 0 Å². The number of carbonyl (C=O) groups is 1. The number of ether oxygens (including phenoxy) is 2. The molecule has 0 fully saturated rings. The van der Waals surface area contributed by atoms with E-state index in [0.29, 0.717) is 35.0 Å². The first-order valence-electron chi connectivity index (χ1n) is 10.9. The predicted molar refractivity (Wildman–Crippen MR) is 134 cm³/mol. The monoisotopic (exact) mass is 491 g/mol. The second-order valence-electron chi connectivity index (χ2n) is 7.66. The van der Waals surface area contributed by atoms with Crippen molar-refractivity contribution in [1.82, 2.24) is 19.3 Å². The molecule has 0 radical (unpaired) electrons. The number of anilines is 1. The number of aromatic nitrogens is 4. The van der Waals surface area contributed by atoms with Gasteiger partial charge in [0.25, 0.3) is 0 Å². The number of benzene rings is 2. The summed E-state index contributed by atoms with van der Waals surface area (Å²) in [6.45, 7) is 0.476. The lowest BCUT2D eigenvalue weighted by atomic mass is 10.1. The smallest absolute Gasteiger partial charge is 0.233 e. The van der Waals surface area contributed by atoms with Crippen LogP contribution in [0.1, 0.15) is 11.3 Å². The van der Waals surface area contributed by atoms with Crippen LogP contribution in [0.2, 0.25) is 0 Å². The summed E-state index contributed by atoms with van der Waals surface area (Å²) in [6.07, 6.45) is 0.542. The highest BCUT2D eigenvalue weighted by atomic mass is 32.1. The van der Waals surface area contributed by atoms with Gasteiger partial charge in [0.1, 0.15) is 5.75 Å². The van der Waals surface area contributed by atoms with E-state index in [-0.39, 0.29) is 24.0 Å². The van der Waals surface area contributed by atoms with Crippen molar-refractivity contribution in [1.29, 1.82) is 0 Å². The number of para-hydroxylation sites is 1. The molecule has 0 aliphatic rings. The number of aryl methyl sites for hydroxylation is 1. The van der Waals surface area contributed by atoms with Crippen molar-refractivity contribution in [3.63, 3.8) is 0 Å². The first-order chi connectivity index (χ1) is 17.0. The zero-order valence-corrected chi connectivity index (χ0v) is 20.2. The third-order valence-corrected chi connectivity index (χ3v) is 5.86. The van der Waals surface area contributed by atoms with Crippen LogP contribution in [0, 0.1) is 4.77 Å². The highest BCUT2D eigenvalue weighted by Gasteiger charge is 2.21. The van der Waals surface area contributed by atoms with Crippen LogP contribution in [-0.4, -0.2) is 44.6 Å². The van der Waals surface area contributed by atoms with E-state index in [0.717, 1.165) is 11.3 Å². The molecule has 2 N–H and O–H groups in total. The van der Waals surface area contributed by atoms with Gasteiger partial charge in [-0.3, -0.25) is 9.36 Å². The van der Waals surface area contributed by atoms with Crippen LogP contribution in [0.25, 0.3) is 5.69 Å². The van der Waals surface area contributed by atoms with Gasteiger partial charge in [-0.05, 0) is 54.5 Å². The predicted octanol–water partition coefficient (Wildman–Crippen LogP) is 3.94. The number of imidazole rings is 1. The van der Waals surface area contributed by atoms with Crippen LogP contribution >= 0.6 is 12.2 Å². The molecule has 180 valence electrons. The molecule has 0 aliphatic heterocycles. The SMILES string of the molecule is COc1ccc(CCn2c(CC(=O)Nc3ccc(OC)nn3)c(O)n(-c3ccccc3)c2=S)cc1. The summed E-state index contributed by atoms with van der Waals surface area (Å²) in [4.78, 5) is 12.9. The summed E-state index contributed by atoms with van der Waals surface area (Å²) >= 11 is 5.73. The van der Waals surface area contributed by atoms with Crippen LogP contribution < -0.4 is 14.8 Å². The van der Waals surface area contributed by atoms with Gasteiger partial charge in [0, 0.05) is 12.6 Å². The number of aromatic hydroxyl groups is 1. The molecule has 2 aromatic carbocycles. The standard InChI is InChI=1S/C25H25N5O4S/c1-33-19-10-8-17(9-11-19)14-15-29-20(16-22(31)26-21-12-13-23(34-2)28-27-21)24(32)30(25(29)35)18-6-4-3-5-7-18/h3-13,32H,14-16H2,1-2H3,(H,26,27,31). The molecule has 0 aliphatic carbocycles. The lowest BCUT2D eigenvalue weighted by molar-refractivity contribution is -0.115. The van der Waals surface area contributed by atoms with E-state index in [1.165, 1.54) is 7.11 Å². The van der Waals surface area contributed by atoms with E-state index in [1.807, 2.05) is 54.6 Å². The molecule has 0 saturated carbocycles. The maximum Gasteiger partial charge on any atom is 0.233 e. The fourth-order valence-corrected chi connectivity index (χ4v) is 4.05. The second kappa shape index (κ2) is 10.8. The third kappa shape index (κ3) is 5.49. The summed E-state index contributed by atoms with van der Waals surface area (Å²) < 4.78 is 14.0. The lowest BCUT2D eigenvalue weighted by Crippen LogP contribution is -2.18. The van der Waals surface area contributed by atoms with Crippen molar-refractivity contribution in [3.05, 3.63) is 82.8 Å². The Labute approximate surface area is 207 Å². The number of rotatable bonds is 9. The number of amides is 1. The van der Waals surface area contributed by atoms with Gasteiger partial charge < -0.3 is 24.5 Å². The zero-order chi connectivity index (χ0) is 24.8. The van der Waals surface area contributed by atoms with E-state index in [1.54, 1.807) is 28.4 Å². The van der Waals surface area contributed by atoms with E-state index < -0.39 is 0 Å². The third-order valence-electron chi connectivity index (χ3n) is 5.46. The minimum absolute atomic E-state index is 0.0769. The Morgan fingerprint density at radius 2 is 1.74 bits per heavy atom. The van der Waals surface area contributed by atoms with E-state index in [4.69, 9.17) is 21.7 Å². The average molecular weight is 492 g/mol. The molecule has 4 aromatic rings. The molecule has 2 aromatic heterocycles. The Morgan fingerprint density at radius 3 is 2.37 bits per heavy atom. The normalized spacial score (nSPS) is 10.7. The fraction of sp³-hybridized carbons (Fsp3) is 0.200. The minimum atomic E-state index is -0.363. The van der Waals surface area contributed by atoms with Crippen molar-refractivity contribution < 1.29 is 19.4 Å². The number of hydrogen-bond donors (Lipinski definition) is 2. The Kier molecular flexibility index (Phi) is 7.41. The van der Waals surface area contributed by atoms with Crippen molar-refractivity contribution in [2.75, 3.05) is 19.5 Å². The van der Waals surface area contributed by atoms with Crippen LogP contribution in [-0.2, 0) is 24.2 Å². The molecule has 0 spiro atoms. The Hall–Kier alpha value is -4.18. The lowest BCUT2D eigenvalue weighted by Gasteiger charge is -2.09. The molecule has 0 bridgehead atoms. The van der Waals surface area contributed by atoms with Crippen LogP contribution in [0.3, 0.4) is 0 Å². The van der Waals surface area contributed by atoms with E-state index in [9.17, 15) is 9.90 Å². The zero-order valence-electron chi connectivity index (χ0n) is 19.3. The molecule has 4 rings (SSSR count). The summed E-state index contributed by atoms with van der Waals surface area (Å²) in [5, 5.41) is 21.6. The maximum absolute atomic E-state index is 12.9. The Bertz CT molecular complexity index is 1350. The van der Waals surface area contributed by atoms with E-state index in [2.05, 4.69) is 15.5 Å². The van der Waals surface area contributed by atoms with Gasteiger partial charge >= 0.3 is 0 Å². The van der Waals surface area contributed by atoms with Crippen molar-refractivity contribution in [2.24, 2.45) is 0 Å². The van der Waals surface area contributed by atoms with Crippen LogP contribution in [0.15, 0.2) is 66.7 Å². The van der Waals surface area contributed by atoms with Gasteiger partial charge in [-0.25, -0.2) is 0 Å². The molecule has 10 heteroatoms. The summed E-state index contributed by atoms with van der Waals surface area (Å²) in [5.41, 5.74) is 2.19. The van der Waals surface area contributed by atoms with Gasteiger partial charge in [-0.2, -0.15) is 0 Å². The molecule has 9 nitrogen and oxygen atoms in total. The number of carbonyl (C=O) groups excluding carboxylic acids is 1. The largest absolute Gasteiger partial charge is 0.497 e. The Morgan fingerprint density at radius 1 is 1.00 bits per heavy atom. The molecule has 0 unspecified atom stereocenters. The molecular weight excluding hydrogens is 466 g/mol. The summed E-state index contributed by atoms with van der Waals surface area (Å²) in [5.74, 6) is 0.955. The van der Waals surface area contributed by atoms with Crippen LogP contribution in [0.4, 0.5) is 5.82 Å². The fourth-order valence-electron chi connectivity index (χ4n) is 3.66.